The molecule has 1 heterocycles. The lowest BCUT2D eigenvalue weighted by molar-refractivity contribution is -0.724. The third-order valence-corrected chi connectivity index (χ3v) is 3.64. The van der Waals surface area contributed by atoms with Gasteiger partial charge in [-0.2, -0.15) is 4.57 Å². The van der Waals surface area contributed by atoms with Crippen molar-refractivity contribution in [2.24, 2.45) is 0 Å². The highest BCUT2D eigenvalue weighted by atomic mass is 32.1. The molecule has 0 spiro atoms. The van der Waals surface area contributed by atoms with Gasteiger partial charge in [0.25, 0.3) is 5.01 Å². The van der Waals surface area contributed by atoms with Crippen molar-refractivity contribution < 1.29 is 14.5 Å². The number of hydrogen-bond donors (Lipinski definition) is 0. The van der Waals surface area contributed by atoms with Crippen molar-refractivity contribution in [3.63, 3.8) is 0 Å². The topological polar surface area (TPSA) is 44.0 Å². The summed E-state index contributed by atoms with van der Waals surface area (Å²) in [5.74, 6) is -1.05. The number of aromatic carboxylic acids is 1. The molecule has 1 aliphatic rings. The molecular formula is C10H13NO2S. The second-order valence-electron chi connectivity index (χ2n) is 3.69. The van der Waals surface area contributed by atoms with Gasteiger partial charge in [-0.1, -0.05) is 17.8 Å². The number of carboxylic acid groups (broad SMARTS) is 1. The summed E-state index contributed by atoms with van der Waals surface area (Å²) >= 11 is 1.25. The summed E-state index contributed by atoms with van der Waals surface area (Å²) in [6, 6.07) is 0.378. The van der Waals surface area contributed by atoms with E-state index in [9.17, 15) is 9.90 Å². The van der Waals surface area contributed by atoms with Crippen LogP contribution >= 0.6 is 11.3 Å². The standard InChI is InChI=1S/C10H13NO2S/c12-10(13)9-11(6-7-14-9)8-4-2-1-3-5-8/h6-8H,1-5H2. The van der Waals surface area contributed by atoms with Crippen LogP contribution in [0, 0.1) is 0 Å². The van der Waals surface area contributed by atoms with Crippen LogP contribution in [0.5, 0.6) is 0 Å². The Labute approximate surface area is 87.0 Å². The zero-order chi connectivity index (χ0) is 9.97. The van der Waals surface area contributed by atoms with Gasteiger partial charge in [0.15, 0.2) is 18.2 Å². The minimum atomic E-state index is -1.05. The Morgan fingerprint density at radius 3 is 2.79 bits per heavy atom. The highest BCUT2D eigenvalue weighted by Gasteiger charge is 2.26. The molecule has 0 saturated heterocycles. The quantitative estimate of drug-likeness (QED) is 0.682. The van der Waals surface area contributed by atoms with Crippen LogP contribution in [0.1, 0.15) is 47.9 Å². The van der Waals surface area contributed by atoms with E-state index in [0.717, 1.165) is 12.8 Å². The molecule has 3 nitrogen and oxygen atoms in total. The molecule has 0 bridgehead atoms. The van der Waals surface area contributed by atoms with Gasteiger partial charge < -0.3 is 9.90 Å². The minimum absolute atomic E-state index is 0.358. The molecule has 1 saturated carbocycles. The molecule has 1 aromatic rings. The number of rotatable bonds is 2. The zero-order valence-electron chi connectivity index (χ0n) is 7.94. The maximum atomic E-state index is 10.8. The summed E-state index contributed by atoms with van der Waals surface area (Å²) in [6.07, 6.45) is 7.76. The number of carbonyl (C=O) groups is 1. The lowest BCUT2D eigenvalue weighted by Crippen LogP contribution is -2.46. The molecular weight excluding hydrogens is 198 g/mol. The number of carboxylic acids is 1. The third kappa shape index (κ3) is 1.80. The summed E-state index contributed by atoms with van der Waals surface area (Å²) in [6.45, 7) is 0. The Bertz CT molecular complexity index is 329. The number of thiazole rings is 1. The average Bonchev–Trinajstić information content (AvgIpc) is 2.67. The fourth-order valence-electron chi connectivity index (χ4n) is 2.09. The van der Waals surface area contributed by atoms with Gasteiger partial charge in [0.2, 0.25) is 0 Å². The smallest absolute Gasteiger partial charge is 0.285 e. The van der Waals surface area contributed by atoms with Crippen molar-refractivity contribution in [3.05, 3.63) is 16.6 Å². The number of nitrogens with zero attached hydrogens (tertiary/aromatic N) is 1. The lowest BCUT2D eigenvalue weighted by atomic mass is 9.95. The summed E-state index contributed by atoms with van der Waals surface area (Å²) in [7, 11) is 0. The number of hydrogen-bond acceptors (Lipinski definition) is 3. The Morgan fingerprint density at radius 1 is 1.43 bits per heavy atom. The molecule has 76 valence electrons. The SMILES string of the molecule is O=C([O-])c1scc[n+]1C1CCCCC1. The van der Waals surface area contributed by atoms with Gasteiger partial charge >= 0.3 is 0 Å². The molecule has 0 aromatic carbocycles. The summed E-state index contributed by atoms with van der Waals surface area (Å²) in [5, 5.41) is 13.0. The largest absolute Gasteiger partial charge is 0.539 e. The summed E-state index contributed by atoms with van der Waals surface area (Å²) in [4.78, 5) is 10.8. The van der Waals surface area contributed by atoms with Crippen LogP contribution in [-0.4, -0.2) is 5.97 Å². The fourth-order valence-corrected chi connectivity index (χ4v) is 2.84. The molecule has 0 N–H and O–H groups in total. The molecule has 0 aliphatic heterocycles. The Kier molecular flexibility index (Phi) is 2.82. The van der Waals surface area contributed by atoms with Crippen LogP contribution in [0.4, 0.5) is 0 Å². The molecule has 0 atom stereocenters. The highest BCUT2D eigenvalue weighted by Crippen LogP contribution is 2.24. The van der Waals surface area contributed by atoms with E-state index in [2.05, 4.69) is 0 Å². The summed E-state index contributed by atoms with van der Waals surface area (Å²) in [5.41, 5.74) is 0. The van der Waals surface area contributed by atoms with E-state index in [1.807, 2.05) is 16.1 Å². The molecule has 0 radical (unpaired) electrons. The average molecular weight is 211 g/mol. The second-order valence-corrected chi connectivity index (χ2v) is 4.59. The Morgan fingerprint density at radius 2 is 2.14 bits per heavy atom. The maximum Gasteiger partial charge on any atom is 0.285 e. The fraction of sp³-hybridized carbons (Fsp3) is 0.600. The van der Waals surface area contributed by atoms with E-state index in [0.29, 0.717) is 11.0 Å². The zero-order valence-corrected chi connectivity index (χ0v) is 8.76. The van der Waals surface area contributed by atoms with Gasteiger partial charge in [-0.3, -0.25) is 0 Å². The van der Waals surface area contributed by atoms with Gasteiger partial charge in [0.05, 0.1) is 5.38 Å². The van der Waals surface area contributed by atoms with Crippen LogP contribution in [0.15, 0.2) is 11.6 Å². The lowest BCUT2D eigenvalue weighted by Gasteiger charge is -2.17. The predicted octanol–water partition coefficient (Wildman–Crippen LogP) is 0.904. The third-order valence-electron chi connectivity index (χ3n) is 2.78. The molecule has 4 heteroatoms. The van der Waals surface area contributed by atoms with Crippen LogP contribution in [0.3, 0.4) is 0 Å². The first-order valence-corrected chi connectivity index (χ1v) is 5.87. The van der Waals surface area contributed by atoms with Crippen molar-refractivity contribution in [1.29, 1.82) is 0 Å². The van der Waals surface area contributed by atoms with Crippen molar-refractivity contribution in [2.75, 3.05) is 0 Å². The van der Waals surface area contributed by atoms with E-state index < -0.39 is 5.97 Å². The van der Waals surface area contributed by atoms with Crippen molar-refractivity contribution in [3.8, 4) is 0 Å². The highest BCUT2D eigenvalue weighted by molar-refractivity contribution is 7.11. The molecule has 1 fully saturated rings. The number of carbonyl (C=O) groups excluding carboxylic acids is 1. The van der Waals surface area contributed by atoms with Crippen molar-refractivity contribution in [1.82, 2.24) is 0 Å². The predicted molar refractivity (Wildman–Crippen MR) is 51.0 cm³/mol. The normalized spacial score (nSPS) is 18.3. The second kappa shape index (κ2) is 4.09. The van der Waals surface area contributed by atoms with Crippen LogP contribution in [0.25, 0.3) is 0 Å². The minimum Gasteiger partial charge on any atom is -0.539 e. The van der Waals surface area contributed by atoms with E-state index in [1.54, 1.807) is 0 Å². The Hall–Kier alpha value is -0.900. The van der Waals surface area contributed by atoms with E-state index in [-0.39, 0.29) is 0 Å². The molecule has 0 unspecified atom stereocenters. The van der Waals surface area contributed by atoms with Crippen molar-refractivity contribution in [2.45, 2.75) is 38.1 Å². The Balaban J connectivity index is 2.21. The monoisotopic (exact) mass is 211 g/mol. The van der Waals surface area contributed by atoms with Crippen molar-refractivity contribution >= 4 is 17.3 Å². The molecule has 1 aliphatic carbocycles. The molecule has 0 amide bonds. The van der Waals surface area contributed by atoms with Crippen LogP contribution in [-0.2, 0) is 0 Å². The molecule has 2 rings (SSSR count). The van der Waals surface area contributed by atoms with Gasteiger partial charge in [-0.15, -0.1) is 0 Å². The van der Waals surface area contributed by atoms with Gasteiger partial charge in [0, 0.05) is 12.8 Å². The first-order valence-electron chi connectivity index (χ1n) is 4.99. The van der Waals surface area contributed by atoms with Crippen LogP contribution < -0.4 is 9.67 Å². The molecule has 1 aromatic heterocycles. The number of aromatic nitrogens is 1. The van der Waals surface area contributed by atoms with Gasteiger partial charge in [-0.05, 0) is 12.8 Å². The maximum absolute atomic E-state index is 10.8. The first kappa shape index (κ1) is 9.65. The summed E-state index contributed by atoms with van der Waals surface area (Å²) < 4.78 is 1.87. The van der Waals surface area contributed by atoms with E-state index in [4.69, 9.17) is 0 Å². The van der Waals surface area contributed by atoms with E-state index >= 15 is 0 Å². The van der Waals surface area contributed by atoms with Gasteiger partial charge in [-0.25, -0.2) is 0 Å². The molecule has 14 heavy (non-hydrogen) atoms. The van der Waals surface area contributed by atoms with E-state index in [1.165, 1.54) is 30.6 Å². The first-order chi connectivity index (χ1) is 6.79. The van der Waals surface area contributed by atoms with Gasteiger partial charge in [0.1, 0.15) is 0 Å². The van der Waals surface area contributed by atoms with Crippen LogP contribution in [0.2, 0.25) is 0 Å².